The monoisotopic (exact) mass is 483 g/mol. The Hall–Kier alpha value is -2.61. The van der Waals surface area contributed by atoms with Gasteiger partial charge in [-0.05, 0) is 60.4 Å². The molecule has 0 saturated carbocycles. The van der Waals surface area contributed by atoms with Crippen LogP contribution in [0.1, 0.15) is 18.9 Å². The van der Waals surface area contributed by atoms with Gasteiger partial charge >= 0.3 is 0 Å². The molecule has 0 bridgehead atoms. The maximum Gasteiger partial charge on any atom is 0.243 e. The number of aldehydes is 1. The lowest BCUT2D eigenvalue weighted by Crippen LogP contribution is -2.33. The first kappa shape index (κ1) is 25.0. The molecule has 7 heteroatoms. The van der Waals surface area contributed by atoms with Gasteiger partial charge in [-0.2, -0.15) is 4.31 Å². The number of thioether (sulfide) groups is 1. The molecule has 0 aliphatic heterocycles. The number of sulfonamides is 1. The molecule has 0 saturated heterocycles. The zero-order chi connectivity index (χ0) is 23.7. The molecule has 0 atom stereocenters. The van der Waals surface area contributed by atoms with Gasteiger partial charge in [0.15, 0.2) is 6.29 Å². The third kappa shape index (κ3) is 6.69. The number of aryl methyl sites for hydroxylation is 1. The average Bonchev–Trinajstić information content (AvgIpc) is 2.83. The summed E-state index contributed by atoms with van der Waals surface area (Å²) in [6, 6.07) is 22.8. The SMILES string of the molecule is CCCN(CCSc1ccc(OCC=O)c(C)c1)S(=O)(=O)c1ccc(-c2ccccc2)cc1. The van der Waals surface area contributed by atoms with Crippen LogP contribution in [0.2, 0.25) is 0 Å². The number of ether oxygens (including phenoxy) is 1. The zero-order valence-corrected chi connectivity index (χ0v) is 20.6. The highest BCUT2D eigenvalue weighted by Crippen LogP contribution is 2.27. The molecule has 0 fully saturated rings. The molecule has 0 aliphatic carbocycles. The zero-order valence-electron chi connectivity index (χ0n) is 18.9. The van der Waals surface area contributed by atoms with Gasteiger partial charge in [0, 0.05) is 23.7 Å². The lowest BCUT2D eigenvalue weighted by molar-refractivity contribution is -0.109. The van der Waals surface area contributed by atoms with E-state index in [9.17, 15) is 13.2 Å². The first-order chi connectivity index (χ1) is 16.0. The molecular weight excluding hydrogens is 454 g/mol. The van der Waals surface area contributed by atoms with Crippen LogP contribution in [0.4, 0.5) is 0 Å². The van der Waals surface area contributed by atoms with Gasteiger partial charge in [0.2, 0.25) is 10.0 Å². The molecular formula is C26H29NO4S2. The Morgan fingerprint density at radius 2 is 1.64 bits per heavy atom. The summed E-state index contributed by atoms with van der Waals surface area (Å²) >= 11 is 1.60. The van der Waals surface area contributed by atoms with Crippen LogP contribution in [0.5, 0.6) is 5.75 Å². The van der Waals surface area contributed by atoms with Gasteiger partial charge in [-0.3, -0.25) is 4.79 Å². The Bertz CT molecular complexity index is 1150. The van der Waals surface area contributed by atoms with E-state index in [1.807, 2.05) is 74.5 Å². The first-order valence-corrected chi connectivity index (χ1v) is 13.3. The smallest absolute Gasteiger partial charge is 0.243 e. The molecule has 0 amide bonds. The second-order valence-corrected chi connectivity index (χ2v) is 10.7. The van der Waals surface area contributed by atoms with Gasteiger partial charge in [0.1, 0.15) is 12.4 Å². The summed E-state index contributed by atoms with van der Waals surface area (Å²) in [7, 11) is -3.57. The van der Waals surface area contributed by atoms with Crippen molar-refractivity contribution in [3.63, 3.8) is 0 Å². The largest absolute Gasteiger partial charge is 0.486 e. The van der Waals surface area contributed by atoms with Crippen molar-refractivity contribution in [2.45, 2.75) is 30.1 Å². The van der Waals surface area contributed by atoms with E-state index >= 15 is 0 Å². The third-order valence-corrected chi connectivity index (χ3v) is 8.02. The fourth-order valence-corrected chi connectivity index (χ4v) is 6.08. The summed E-state index contributed by atoms with van der Waals surface area (Å²) in [5.41, 5.74) is 2.99. The fourth-order valence-electron chi connectivity index (χ4n) is 3.46. The van der Waals surface area contributed by atoms with Crippen LogP contribution in [0.25, 0.3) is 11.1 Å². The molecule has 0 radical (unpaired) electrons. The summed E-state index contributed by atoms with van der Waals surface area (Å²) in [4.78, 5) is 11.8. The quantitative estimate of drug-likeness (QED) is 0.254. The highest BCUT2D eigenvalue weighted by atomic mass is 32.2. The predicted molar refractivity (Wildman–Crippen MR) is 134 cm³/mol. The maximum absolute atomic E-state index is 13.3. The van der Waals surface area contributed by atoms with Crippen molar-refractivity contribution in [2.24, 2.45) is 0 Å². The van der Waals surface area contributed by atoms with E-state index in [1.54, 1.807) is 28.2 Å². The summed E-state index contributed by atoms with van der Waals surface area (Å²) in [5.74, 6) is 1.32. The Morgan fingerprint density at radius 1 is 0.939 bits per heavy atom. The number of benzene rings is 3. The topological polar surface area (TPSA) is 63.7 Å². The van der Waals surface area contributed by atoms with E-state index in [0.29, 0.717) is 29.5 Å². The second-order valence-electron chi connectivity index (χ2n) is 7.55. The second kappa shape index (κ2) is 12.0. The minimum atomic E-state index is -3.57. The molecule has 0 aromatic heterocycles. The average molecular weight is 484 g/mol. The molecule has 0 unspecified atom stereocenters. The Labute approximate surface area is 200 Å². The van der Waals surface area contributed by atoms with Crippen LogP contribution in [-0.4, -0.2) is 44.5 Å². The molecule has 33 heavy (non-hydrogen) atoms. The Kier molecular flexibility index (Phi) is 9.11. The van der Waals surface area contributed by atoms with Gasteiger partial charge < -0.3 is 4.74 Å². The molecule has 3 rings (SSSR count). The lowest BCUT2D eigenvalue weighted by Gasteiger charge is -2.22. The number of rotatable bonds is 12. The summed E-state index contributed by atoms with van der Waals surface area (Å²) < 4.78 is 33.5. The molecule has 3 aromatic carbocycles. The van der Waals surface area contributed by atoms with Crippen molar-refractivity contribution in [3.05, 3.63) is 78.4 Å². The highest BCUT2D eigenvalue weighted by molar-refractivity contribution is 7.99. The Morgan fingerprint density at radius 3 is 2.27 bits per heavy atom. The lowest BCUT2D eigenvalue weighted by atomic mass is 10.1. The van der Waals surface area contributed by atoms with Gasteiger partial charge in [-0.15, -0.1) is 11.8 Å². The maximum atomic E-state index is 13.3. The van der Waals surface area contributed by atoms with Gasteiger partial charge in [-0.1, -0.05) is 49.4 Å². The minimum Gasteiger partial charge on any atom is -0.486 e. The van der Waals surface area contributed by atoms with Crippen molar-refractivity contribution in [1.29, 1.82) is 0 Å². The minimum absolute atomic E-state index is 0.0312. The molecule has 3 aromatic rings. The van der Waals surface area contributed by atoms with Crippen LogP contribution >= 0.6 is 11.8 Å². The van der Waals surface area contributed by atoms with Crippen LogP contribution < -0.4 is 4.74 Å². The van der Waals surface area contributed by atoms with Crippen molar-refractivity contribution in [1.82, 2.24) is 4.31 Å². The number of nitrogens with zero attached hydrogens (tertiary/aromatic N) is 1. The summed E-state index contributed by atoms with van der Waals surface area (Å²) in [5, 5.41) is 0. The number of hydrogen-bond acceptors (Lipinski definition) is 5. The summed E-state index contributed by atoms with van der Waals surface area (Å²) in [6.45, 7) is 4.83. The van der Waals surface area contributed by atoms with E-state index in [2.05, 4.69) is 0 Å². The molecule has 0 aliphatic rings. The van der Waals surface area contributed by atoms with E-state index in [0.717, 1.165) is 34.3 Å². The predicted octanol–water partition coefficient (Wildman–Crippen LogP) is 5.43. The van der Waals surface area contributed by atoms with E-state index in [-0.39, 0.29) is 6.61 Å². The molecule has 0 spiro atoms. The van der Waals surface area contributed by atoms with Crippen molar-refractivity contribution in [2.75, 3.05) is 25.4 Å². The number of carbonyl (C=O) groups is 1. The number of hydrogen-bond donors (Lipinski definition) is 0. The van der Waals surface area contributed by atoms with Crippen molar-refractivity contribution >= 4 is 28.1 Å². The highest BCUT2D eigenvalue weighted by Gasteiger charge is 2.23. The summed E-state index contributed by atoms with van der Waals surface area (Å²) in [6.07, 6.45) is 1.47. The normalized spacial score (nSPS) is 11.5. The molecule has 0 heterocycles. The van der Waals surface area contributed by atoms with Crippen LogP contribution in [0.3, 0.4) is 0 Å². The standard InChI is InChI=1S/C26H29NO4S2/c1-3-15-27(16-19-32-24-11-14-26(21(2)20-24)31-18-17-28)33(29,30)25-12-9-23(10-13-25)22-7-5-4-6-8-22/h4-14,17,20H,3,15-16,18-19H2,1-2H3. The van der Waals surface area contributed by atoms with Crippen LogP contribution in [-0.2, 0) is 14.8 Å². The van der Waals surface area contributed by atoms with Crippen molar-refractivity contribution in [3.8, 4) is 16.9 Å². The van der Waals surface area contributed by atoms with Crippen LogP contribution in [0, 0.1) is 6.92 Å². The Balaban J connectivity index is 1.66. The first-order valence-electron chi connectivity index (χ1n) is 10.9. The molecule has 5 nitrogen and oxygen atoms in total. The third-order valence-electron chi connectivity index (χ3n) is 5.13. The van der Waals surface area contributed by atoms with Crippen LogP contribution in [0.15, 0.2) is 82.6 Å². The van der Waals surface area contributed by atoms with Gasteiger partial charge in [-0.25, -0.2) is 8.42 Å². The van der Waals surface area contributed by atoms with Gasteiger partial charge in [0.05, 0.1) is 4.90 Å². The van der Waals surface area contributed by atoms with E-state index in [4.69, 9.17) is 4.74 Å². The van der Waals surface area contributed by atoms with E-state index < -0.39 is 10.0 Å². The number of carbonyl (C=O) groups excluding carboxylic acids is 1. The molecule has 174 valence electrons. The van der Waals surface area contributed by atoms with Gasteiger partial charge in [0.25, 0.3) is 0 Å². The van der Waals surface area contributed by atoms with E-state index in [1.165, 1.54) is 0 Å². The van der Waals surface area contributed by atoms with Crippen molar-refractivity contribution < 1.29 is 17.9 Å². The molecule has 0 N–H and O–H groups in total. The fraction of sp³-hybridized carbons (Fsp3) is 0.269.